The third kappa shape index (κ3) is 2.38. The van der Waals surface area contributed by atoms with Gasteiger partial charge in [-0.2, -0.15) is 8.78 Å². The van der Waals surface area contributed by atoms with Crippen LogP contribution in [-0.2, 0) is 4.79 Å². The molecule has 0 aromatic carbocycles. The topological polar surface area (TPSA) is 37.3 Å². The number of aliphatic carboxylic acids is 1. The summed E-state index contributed by atoms with van der Waals surface area (Å²) < 4.78 is 22.2. The van der Waals surface area contributed by atoms with Crippen molar-refractivity contribution >= 4 is 18.6 Å². The summed E-state index contributed by atoms with van der Waals surface area (Å²) in [4.78, 5) is 9.19. The Kier molecular flexibility index (Phi) is 1.58. The van der Waals surface area contributed by atoms with Crippen molar-refractivity contribution in [1.29, 1.82) is 0 Å². The van der Waals surface area contributed by atoms with E-state index in [1.807, 2.05) is 0 Å². The summed E-state index contributed by atoms with van der Waals surface area (Å²) in [5, 5.41) is 3.53. The first kappa shape index (κ1) is 6.68. The fourth-order valence-electron chi connectivity index (χ4n) is 0. The van der Waals surface area contributed by atoms with Crippen LogP contribution in [0.15, 0.2) is 0 Å². The van der Waals surface area contributed by atoms with Crippen molar-refractivity contribution in [1.82, 2.24) is 0 Å². The van der Waals surface area contributed by atoms with E-state index in [0.717, 1.165) is 0 Å². The lowest BCUT2D eigenvalue weighted by atomic mass is 10.7. The lowest BCUT2D eigenvalue weighted by Gasteiger charge is -1.97. The van der Waals surface area contributed by atoms with E-state index in [2.05, 4.69) is 12.6 Å². The van der Waals surface area contributed by atoms with E-state index in [4.69, 9.17) is 5.11 Å². The number of hydrogen-bond donors (Lipinski definition) is 2. The largest absolute Gasteiger partial charge is 0.476 e. The van der Waals surface area contributed by atoms with Gasteiger partial charge >= 0.3 is 11.2 Å². The molecule has 0 bridgehead atoms. The van der Waals surface area contributed by atoms with E-state index in [1.54, 1.807) is 0 Å². The van der Waals surface area contributed by atoms with Crippen molar-refractivity contribution in [2.45, 2.75) is 5.25 Å². The molecule has 0 fully saturated rings. The Morgan fingerprint density at radius 3 is 1.86 bits per heavy atom. The molecule has 0 atom stereocenters. The highest BCUT2D eigenvalue weighted by atomic mass is 32.1. The van der Waals surface area contributed by atoms with Crippen molar-refractivity contribution in [3.05, 3.63) is 0 Å². The maximum absolute atomic E-state index is 11.1. The monoisotopic (exact) mass is 128 g/mol. The molecule has 0 radical (unpaired) electrons. The number of carbonyl (C=O) groups is 1. The van der Waals surface area contributed by atoms with E-state index < -0.39 is 11.2 Å². The maximum atomic E-state index is 11.1. The summed E-state index contributed by atoms with van der Waals surface area (Å²) >= 11 is 2.42. The molecule has 1 N–H and O–H groups in total. The van der Waals surface area contributed by atoms with E-state index in [-0.39, 0.29) is 0 Å². The zero-order valence-electron chi connectivity index (χ0n) is 3.06. The van der Waals surface area contributed by atoms with E-state index in [1.165, 1.54) is 0 Å². The van der Waals surface area contributed by atoms with Crippen LogP contribution in [0.1, 0.15) is 0 Å². The van der Waals surface area contributed by atoms with Gasteiger partial charge in [0.05, 0.1) is 0 Å². The molecule has 42 valence electrons. The Bertz CT molecular complexity index is 86.2. The molecule has 0 aromatic rings. The summed E-state index contributed by atoms with van der Waals surface area (Å²) in [7, 11) is 0. The van der Waals surface area contributed by atoms with Crippen LogP contribution in [0.2, 0.25) is 0 Å². The highest BCUT2D eigenvalue weighted by Crippen LogP contribution is 2.16. The standard InChI is InChI=1S/C2H2F2O2S/c3-2(4,7)1(5)6/h7H,(H,5,6). The second-order valence-corrected chi connectivity index (χ2v) is 1.41. The van der Waals surface area contributed by atoms with Crippen LogP contribution in [0.25, 0.3) is 0 Å². The first-order chi connectivity index (χ1) is 2.94. The molecule has 5 heteroatoms. The number of halogens is 2. The van der Waals surface area contributed by atoms with Gasteiger partial charge in [-0.25, -0.2) is 4.79 Å². The van der Waals surface area contributed by atoms with Crippen LogP contribution in [0.4, 0.5) is 8.78 Å². The van der Waals surface area contributed by atoms with Crippen molar-refractivity contribution < 1.29 is 18.7 Å². The first-order valence-electron chi connectivity index (χ1n) is 1.28. The molecule has 0 heterocycles. The van der Waals surface area contributed by atoms with Crippen LogP contribution in [0.3, 0.4) is 0 Å². The Morgan fingerprint density at radius 2 is 1.86 bits per heavy atom. The minimum absolute atomic E-state index is 2.23. The molecule has 0 rings (SSSR count). The lowest BCUT2D eigenvalue weighted by Crippen LogP contribution is -2.19. The molecule has 0 aliphatic carbocycles. The van der Waals surface area contributed by atoms with Gasteiger partial charge in [0.25, 0.3) is 0 Å². The molecule has 7 heavy (non-hydrogen) atoms. The predicted octanol–water partition coefficient (Wildman–Crippen LogP) is 0.594. The summed E-state index contributed by atoms with van der Waals surface area (Å²) in [5.74, 6) is -2.23. The predicted molar refractivity (Wildman–Crippen MR) is 21.6 cm³/mol. The van der Waals surface area contributed by atoms with Crippen LogP contribution >= 0.6 is 12.6 Å². The van der Waals surface area contributed by atoms with Gasteiger partial charge in [0.2, 0.25) is 0 Å². The van der Waals surface area contributed by atoms with Crippen LogP contribution in [-0.4, -0.2) is 16.3 Å². The van der Waals surface area contributed by atoms with Gasteiger partial charge in [0.1, 0.15) is 0 Å². The zero-order valence-corrected chi connectivity index (χ0v) is 3.95. The third-order valence-corrected chi connectivity index (χ3v) is 0.449. The Morgan fingerprint density at radius 1 is 1.71 bits per heavy atom. The minimum atomic E-state index is -3.89. The Balaban J connectivity index is 3.79. The average molecular weight is 128 g/mol. The summed E-state index contributed by atoms with van der Waals surface area (Å²) in [6.45, 7) is 0. The number of alkyl halides is 2. The van der Waals surface area contributed by atoms with Crippen molar-refractivity contribution in [2.24, 2.45) is 0 Å². The second kappa shape index (κ2) is 1.65. The van der Waals surface area contributed by atoms with Crippen LogP contribution in [0, 0.1) is 0 Å². The summed E-state index contributed by atoms with van der Waals surface area (Å²) in [6, 6.07) is 0. The number of rotatable bonds is 1. The fourth-order valence-corrected chi connectivity index (χ4v) is 0. The highest BCUT2D eigenvalue weighted by molar-refractivity contribution is 7.82. The quantitative estimate of drug-likeness (QED) is 0.507. The van der Waals surface area contributed by atoms with Gasteiger partial charge in [-0.3, -0.25) is 0 Å². The number of thiol groups is 1. The Hall–Kier alpha value is -0.320. The summed E-state index contributed by atoms with van der Waals surface area (Å²) in [5.41, 5.74) is 0. The van der Waals surface area contributed by atoms with Gasteiger partial charge in [-0.15, -0.1) is 0 Å². The number of hydrogen-bond acceptors (Lipinski definition) is 2. The molecule has 2 nitrogen and oxygen atoms in total. The van der Waals surface area contributed by atoms with E-state index in [9.17, 15) is 13.6 Å². The van der Waals surface area contributed by atoms with Gasteiger partial charge in [-0.05, 0) is 0 Å². The van der Waals surface area contributed by atoms with Crippen molar-refractivity contribution in [3.63, 3.8) is 0 Å². The number of carboxylic acids is 1. The average Bonchev–Trinajstić information content (AvgIpc) is 1.31. The molecule has 0 saturated carbocycles. The van der Waals surface area contributed by atoms with Gasteiger partial charge in [-0.1, -0.05) is 12.6 Å². The minimum Gasteiger partial charge on any atom is -0.476 e. The van der Waals surface area contributed by atoms with E-state index >= 15 is 0 Å². The van der Waals surface area contributed by atoms with Gasteiger partial charge in [0.15, 0.2) is 0 Å². The molecule has 0 aliphatic rings. The smallest absolute Gasteiger partial charge is 0.386 e. The third-order valence-electron chi connectivity index (χ3n) is 0.257. The Labute approximate surface area is 43.5 Å². The van der Waals surface area contributed by atoms with Crippen LogP contribution in [0.5, 0.6) is 0 Å². The van der Waals surface area contributed by atoms with Crippen molar-refractivity contribution in [2.75, 3.05) is 0 Å². The second-order valence-electron chi connectivity index (χ2n) is 0.846. The van der Waals surface area contributed by atoms with Crippen LogP contribution < -0.4 is 0 Å². The van der Waals surface area contributed by atoms with E-state index in [0.29, 0.717) is 0 Å². The molecule has 0 saturated heterocycles. The molecular weight excluding hydrogens is 126 g/mol. The zero-order chi connectivity index (χ0) is 6.08. The molecular formula is C2H2F2O2S. The summed E-state index contributed by atoms with van der Waals surface area (Å²) in [6.07, 6.45) is 0. The SMILES string of the molecule is O=C(O)C(F)(F)S. The highest BCUT2D eigenvalue weighted by Gasteiger charge is 2.32. The molecule has 0 aliphatic heterocycles. The molecule has 0 unspecified atom stereocenters. The number of carboxylic acid groups (broad SMARTS) is 1. The first-order valence-corrected chi connectivity index (χ1v) is 1.73. The van der Waals surface area contributed by atoms with Gasteiger partial charge in [0, 0.05) is 0 Å². The lowest BCUT2D eigenvalue weighted by molar-refractivity contribution is -0.152. The molecule has 0 spiro atoms. The molecule has 0 amide bonds. The maximum Gasteiger partial charge on any atom is 0.386 e. The normalized spacial score (nSPS) is 11.3. The van der Waals surface area contributed by atoms with Crippen molar-refractivity contribution in [3.8, 4) is 0 Å². The molecule has 0 aromatic heterocycles. The van der Waals surface area contributed by atoms with Gasteiger partial charge < -0.3 is 5.11 Å². The fraction of sp³-hybridized carbons (Fsp3) is 0.500.